The molecule has 28 heavy (non-hydrogen) atoms. The Kier molecular flexibility index (Phi) is 5.15. The van der Waals surface area contributed by atoms with Crippen LogP contribution in [0.5, 0.6) is 0 Å². The zero-order valence-corrected chi connectivity index (χ0v) is 15.8. The highest BCUT2D eigenvalue weighted by molar-refractivity contribution is 6.22. The third kappa shape index (κ3) is 3.53. The molecule has 2 fully saturated rings. The highest BCUT2D eigenvalue weighted by Crippen LogP contribution is 2.36. The second kappa shape index (κ2) is 7.73. The molecule has 0 unspecified atom stereocenters. The molecule has 3 amide bonds. The highest BCUT2D eigenvalue weighted by Gasteiger charge is 2.37. The van der Waals surface area contributed by atoms with Gasteiger partial charge in [-0.3, -0.25) is 24.1 Å². The quantitative estimate of drug-likeness (QED) is 0.584. The summed E-state index contributed by atoms with van der Waals surface area (Å²) >= 11 is 0. The van der Waals surface area contributed by atoms with Crippen LogP contribution in [0.25, 0.3) is 0 Å². The van der Waals surface area contributed by atoms with Crippen LogP contribution in [0.3, 0.4) is 0 Å². The highest BCUT2D eigenvalue weighted by atomic mass is 16.5. The number of hydrogen-bond donors (Lipinski definition) is 0. The minimum absolute atomic E-state index is 0.209. The van der Waals surface area contributed by atoms with E-state index in [-0.39, 0.29) is 23.6 Å². The van der Waals surface area contributed by atoms with Gasteiger partial charge in [-0.15, -0.1) is 0 Å². The lowest BCUT2D eigenvalue weighted by Crippen LogP contribution is -2.46. The van der Waals surface area contributed by atoms with E-state index < -0.39 is 24.3 Å². The van der Waals surface area contributed by atoms with Crippen molar-refractivity contribution in [2.24, 2.45) is 11.8 Å². The van der Waals surface area contributed by atoms with Crippen molar-refractivity contribution in [1.82, 2.24) is 9.80 Å². The number of hydrogen-bond acceptors (Lipinski definition) is 5. The minimum atomic E-state index is -0.754. The van der Waals surface area contributed by atoms with Crippen LogP contribution < -0.4 is 0 Å². The van der Waals surface area contributed by atoms with Gasteiger partial charge < -0.3 is 9.64 Å². The maximum atomic E-state index is 12.4. The Hall–Kier alpha value is -2.70. The van der Waals surface area contributed by atoms with Crippen LogP contribution in [0.2, 0.25) is 0 Å². The topological polar surface area (TPSA) is 84.0 Å². The first kappa shape index (κ1) is 18.7. The summed E-state index contributed by atoms with van der Waals surface area (Å²) in [6.45, 7) is 0.610. The second-order valence-corrected chi connectivity index (χ2v) is 7.84. The van der Waals surface area contributed by atoms with Gasteiger partial charge in [-0.1, -0.05) is 31.4 Å². The molecule has 1 aliphatic carbocycles. The van der Waals surface area contributed by atoms with Crippen molar-refractivity contribution in [2.75, 3.05) is 26.2 Å². The van der Waals surface area contributed by atoms with E-state index in [1.165, 1.54) is 19.3 Å². The van der Waals surface area contributed by atoms with E-state index in [2.05, 4.69) is 0 Å². The van der Waals surface area contributed by atoms with E-state index >= 15 is 0 Å². The number of esters is 1. The molecule has 0 radical (unpaired) electrons. The van der Waals surface area contributed by atoms with E-state index in [1.807, 2.05) is 0 Å². The van der Waals surface area contributed by atoms with E-state index in [9.17, 15) is 19.2 Å². The van der Waals surface area contributed by atoms with Gasteiger partial charge >= 0.3 is 5.97 Å². The van der Waals surface area contributed by atoms with Gasteiger partial charge in [-0.25, -0.2) is 0 Å². The number of nitrogens with zero attached hydrogens (tertiary/aromatic N) is 2. The molecule has 4 rings (SSSR count). The van der Waals surface area contributed by atoms with Crippen molar-refractivity contribution in [2.45, 2.75) is 32.1 Å². The minimum Gasteiger partial charge on any atom is -0.454 e. The monoisotopic (exact) mass is 384 g/mol. The molecular weight excluding hydrogens is 360 g/mol. The first-order valence-electron chi connectivity index (χ1n) is 9.93. The number of amides is 3. The summed E-state index contributed by atoms with van der Waals surface area (Å²) in [4.78, 5) is 51.8. The van der Waals surface area contributed by atoms with E-state index in [0.29, 0.717) is 18.4 Å². The number of piperidine rings is 1. The summed E-state index contributed by atoms with van der Waals surface area (Å²) < 4.78 is 5.07. The van der Waals surface area contributed by atoms with Crippen LogP contribution in [0.1, 0.15) is 52.8 Å². The van der Waals surface area contributed by atoms with Gasteiger partial charge in [0.25, 0.3) is 17.7 Å². The molecule has 148 valence electrons. The first-order valence-corrected chi connectivity index (χ1v) is 9.93. The fraction of sp³-hybridized carbons (Fsp3) is 0.524. The summed E-state index contributed by atoms with van der Waals surface area (Å²) in [5.41, 5.74) is 0.568. The molecule has 7 nitrogen and oxygen atoms in total. The number of carbonyl (C=O) groups excluding carboxylic acids is 4. The molecule has 1 saturated carbocycles. The van der Waals surface area contributed by atoms with Gasteiger partial charge in [-0.2, -0.15) is 0 Å². The average molecular weight is 384 g/mol. The van der Waals surface area contributed by atoms with Crippen molar-refractivity contribution in [1.29, 1.82) is 0 Å². The Balaban J connectivity index is 1.27. The zero-order chi connectivity index (χ0) is 19.7. The standard InChI is InChI=1S/C21H24N2O5/c24-18(22-10-9-14-5-1-2-6-15(14)11-22)13-28-19(25)12-23-20(26)16-7-3-4-8-17(16)21(23)27/h3-4,7-8,14-15H,1-2,5-6,9-13H2/t14-,15-/m1/s1. The molecule has 2 aliphatic heterocycles. The fourth-order valence-corrected chi connectivity index (χ4v) is 4.62. The molecular formula is C21H24N2O5. The molecule has 0 bridgehead atoms. The molecule has 7 heteroatoms. The summed E-state index contributed by atoms with van der Waals surface area (Å²) in [6, 6.07) is 6.44. The molecule has 0 N–H and O–H groups in total. The molecule has 1 saturated heterocycles. The number of ether oxygens (including phenoxy) is 1. The maximum Gasteiger partial charge on any atom is 0.326 e. The van der Waals surface area contributed by atoms with Crippen LogP contribution in [-0.4, -0.2) is 59.7 Å². The van der Waals surface area contributed by atoms with Crippen LogP contribution >= 0.6 is 0 Å². The normalized spacial score (nSPS) is 24.0. The SMILES string of the molecule is O=C(CN1C(=O)c2ccccc2C1=O)OCC(=O)N1CC[C@H]2CCCC[C@@H]2C1. The fourth-order valence-electron chi connectivity index (χ4n) is 4.62. The molecule has 0 aromatic heterocycles. The average Bonchev–Trinajstić information content (AvgIpc) is 2.97. The maximum absolute atomic E-state index is 12.4. The van der Waals surface area contributed by atoms with Crippen LogP contribution in [0.4, 0.5) is 0 Å². The lowest BCUT2D eigenvalue weighted by Gasteiger charge is -2.41. The van der Waals surface area contributed by atoms with Crippen molar-refractivity contribution in [3.8, 4) is 0 Å². The zero-order valence-electron chi connectivity index (χ0n) is 15.8. The largest absolute Gasteiger partial charge is 0.454 e. The van der Waals surface area contributed by atoms with E-state index in [1.54, 1.807) is 29.2 Å². The van der Waals surface area contributed by atoms with Gasteiger partial charge in [0.2, 0.25) is 0 Å². The number of likely N-dealkylation sites (tertiary alicyclic amines) is 1. The van der Waals surface area contributed by atoms with Crippen molar-refractivity contribution >= 4 is 23.7 Å². The second-order valence-electron chi connectivity index (χ2n) is 7.84. The smallest absolute Gasteiger partial charge is 0.326 e. The molecule has 1 aromatic carbocycles. The Labute approximate surface area is 163 Å². The van der Waals surface area contributed by atoms with E-state index in [0.717, 1.165) is 24.3 Å². The number of fused-ring (bicyclic) bond motifs is 2. The number of rotatable bonds is 4. The van der Waals surface area contributed by atoms with Crippen LogP contribution in [0.15, 0.2) is 24.3 Å². The number of carbonyl (C=O) groups is 4. The Morgan fingerprint density at radius 1 is 0.964 bits per heavy atom. The Bertz CT molecular complexity index is 786. The number of benzene rings is 1. The van der Waals surface area contributed by atoms with E-state index in [4.69, 9.17) is 4.74 Å². The Morgan fingerprint density at radius 2 is 1.61 bits per heavy atom. The van der Waals surface area contributed by atoms with Crippen molar-refractivity contribution < 1.29 is 23.9 Å². The third-order valence-electron chi connectivity index (χ3n) is 6.17. The van der Waals surface area contributed by atoms with Gasteiger partial charge in [0.1, 0.15) is 6.54 Å². The number of imide groups is 1. The summed E-state index contributed by atoms with van der Waals surface area (Å²) in [7, 11) is 0. The predicted molar refractivity (Wildman–Crippen MR) is 99.4 cm³/mol. The molecule has 2 heterocycles. The summed E-state index contributed by atoms with van der Waals surface area (Å²) in [5.74, 6) is -0.712. The summed E-state index contributed by atoms with van der Waals surface area (Å²) in [5, 5.41) is 0. The van der Waals surface area contributed by atoms with Gasteiger partial charge in [0.15, 0.2) is 6.61 Å². The molecule has 2 atom stereocenters. The van der Waals surface area contributed by atoms with Gasteiger partial charge in [-0.05, 0) is 36.8 Å². The van der Waals surface area contributed by atoms with Crippen LogP contribution in [-0.2, 0) is 14.3 Å². The molecule has 1 aromatic rings. The van der Waals surface area contributed by atoms with Gasteiger partial charge in [0.05, 0.1) is 11.1 Å². The van der Waals surface area contributed by atoms with Crippen LogP contribution in [0, 0.1) is 11.8 Å². The lowest BCUT2D eigenvalue weighted by atomic mass is 9.75. The van der Waals surface area contributed by atoms with Crippen molar-refractivity contribution in [3.63, 3.8) is 0 Å². The van der Waals surface area contributed by atoms with Crippen molar-refractivity contribution in [3.05, 3.63) is 35.4 Å². The Morgan fingerprint density at radius 3 is 2.29 bits per heavy atom. The lowest BCUT2D eigenvalue weighted by molar-refractivity contribution is -0.153. The molecule has 0 spiro atoms. The third-order valence-corrected chi connectivity index (χ3v) is 6.17. The van der Waals surface area contributed by atoms with Gasteiger partial charge in [0, 0.05) is 13.1 Å². The predicted octanol–water partition coefficient (Wildman–Crippen LogP) is 1.86. The first-order chi connectivity index (χ1) is 13.5. The summed E-state index contributed by atoms with van der Waals surface area (Å²) in [6.07, 6.45) is 5.93. The molecule has 3 aliphatic rings.